The van der Waals surface area contributed by atoms with E-state index in [1.54, 1.807) is 60.7 Å². The van der Waals surface area contributed by atoms with E-state index < -0.39 is 0 Å². The van der Waals surface area contributed by atoms with Crippen molar-refractivity contribution in [2.24, 2.45) is 0 Å². The van der Waals surface area contributed by atoms with Gasteiger partial charge in [0.05, 0.1) is 12.3 Å². The van der Waals surface area contributed by atoms with Gasteiger partial charge in [0.2, 0.25) is 5.91 Å². The van der Waals surface area contributed by atoms with E-state index in [2.05, 4.69) is 0 Å². The third-order valence-electron chi connectivity index (χ3n) is 3.24. The number of phenols is 1. The number of hydrogen-bond donors (Lipinski definition) is 1. The molecule has 4 nitrogen and oxygen atoms in total. The third kappa shape index (κ3) is 3.29. The number of hydrogen-bond acceptors (Lipinski definition) is 3. The summed E-state index contributed by atoms with van der Waals surface area (Å²) in [6.45, 7) is 1.94. The van der Waals surface area contributed by atoms with Gasteiger partial charge in [-0.25, -0.2) is 0 Å². The second kappa shape index (κ2) is 6.10. The van der Waals surface area contributed by atoms with Gasteiger partial charge >= 0.3 is 0 Å². The lowest BCUT2D eigenvalue weighted by Crippen LogP contribution is -2.27. The van der Waals surface area contributed by atoms with Gasteiger partial charge in [0.25, 0.3) is 0 Å². The van der Waals surface area contributed by atoms with Crippen molar-refractivity contribution < 1.29 is 14.3 Å². The molecular weight excluding hydrogens is 254 g/mol. The van der Waals surface area contributed by atoms with Crippen molar-refractivity contribution in [3.8, 4) is 5.75 Å². The Morgan fingerprint density at radius 2 is 2.00 bits per heavy atom. The van der Waals surface area contributed by atoms with Crippen LogP contribution >= 0.6 is 0 Å². The zero-order valence-electron chi connectivity index (χ0n) is 11.5. The van der Waals surface area contributed by atoms with Crippen molar-refractivity contribution in [2.75, 3.05) is 7.05 Å². The first-order valence-electron chi connectivity index (χ1n) is 6.35. The van der Waals surface area contributed by atoms with Crippen LogP contribution in [0.2, 0.25) is 0 Å². The molecule has 0 spiro atoms. The lowest BCUT2D eigenvalue weighted by Gasteiger charge is -2.24. The molecule has 2 aromatic rings. The van der Waals surface area contributed by atoms with E-state index in [1.807, 2.05) is 6.92 Å². The largest absolute Gasteiger partial charge is 0.508 e. The van der Waals surface area contributed by atoms with Crippen molar-refractivity contribution in [3.63, 3.8) is 0 Å². The number of furan rings is 1. The van der Waals surface area contributed by atoms with Gasteiger partial charge in [-0.3, -0.25) is 4.79 Å². The minimum atomic E-state index is -0.109. The van der Waals surface area contributed by atoms with Crippen LogP contribution in [0.4, 0.5) is 0 Å². The van der Waals surface area contributed by atoms with E-state index in [9.17, 15) is 9.90 Å². The summed E-state index contributed by atoms with van der Waals surface area (Å²) in [4.78, 5) is 13.7. The molecule has 1 amide bonds. The van der Waals surface area contributed by atoms with E-state index in [4.69, 9.17) is 4.42 Å². The number of aromatic hydroxyl groups is 1. The van der Waals surface area contributed by atoms with E-state index in [0.717, 1.165) is 5.56 Å². The second-order valence-corrected chi connectivity index (χ2v) is 4.57. The van der Waals surface area contributed by atoms with Crippen molar-refractivity contribution >= 4 is 12.0 Å². The van der Waals surface area contributed by atoms with Crippen LogP contribution in [-0.2, 0) is 4.79 Å². The molecule has 0 fully saturated rings. The van der Waals surface area contributed by atoms with Crippen molar-refractivity contribution in [1.82, 2.24) is 4.90 Å². The summed E-state index contributed by atoms with van der Waals surface area (Å²) in [5.74, 6) is 0.749. The minimum Gasteiger partial charge on any atom is -0.508 e. The van der Waals surface area contributed by atoms with E-state index >= 15 is 0 Å². The van der Waals surface area contributed by atoms with Crippen LogP contribution in [0.5, 0.6) is 5.75 Å². The van der Waals surface area contributed by atoms with Gasteiger partial charge in [0.15, 0.2) is 0 Å². The van der Waals surface area contributed by atoms with Gasteiger partial charge in [0, 0.05) is 13.1 Å². The minimum absolute atomic E-state index is 0.0793. The first kappa shape index (κ1) is 13.9. The molecule has 0 aliphatic carbocycles. The zero-order chi connectivity index (χ0) is 14.5. The van der Waals surface area contributed by atoms with Gasteiger partial charge in [-0.1, -0.05) is 12.1 Å². The van der Waals surface area contributed by atoms with Crippen LogP contribution in [0.3, 0.4) is 0 Å². The Balaban J connectivity index is 2.04. The average Bonchev–Trinajstić information content (AvgIpc) is 2.97. The standard InChI is InChI=1S/C16H17NO3/c1-12(13-5-7-14(18)8-6-13)17(2)16(19)10-9-15-4-3-11-20-15/h3-12,18H,1-2H3/b10-9+. The smallest absolute Gasteiger partial charge is 0.246 e. The topological polar surface area (TPSA) is 53.7 Å². The average molecular weight is 271 g/mol. The van der Waals surface area contributed by atoms with Crippen LogP contribution in [-0.4, -0.2) is 23.0 Å². The molecular formula is C16H17NO3. The number of carbonyl (C=O) groups is 1. The number of nitrogens with zero attached hydrogens (tertiary/aromatic N) is 1. The fraction of sp³-hybridized carbons (Fsp3) is 0.188. The van der Waals surface area contributed by atoms with E-state index in [1.165, 1.54) is 6.08 Å². The Labute approximate surface area is 117 Å². The Bertz CT molecular complexity index is 585. The summed E-state index contributed by atoms with van der Waals surface area (Å²) >= 11 is 0. The summed E-state index contributed by atoms with van der Waals surface area (Å²) in [5.41, 5.74) is 0.963. The van der Waals surface area contributed by atoms with Crippen LogP contribution < -0.4 is 0 Å². The molecule has 0 bridgehead atoms. The Kier molecular flexibility index (Phi) is 4.25. The van der Waals surface area contributed by atoms with Crippen LogP contribution in [0.1, 0.15) is 24.3 Å². The quantitative estimate of drug-likeness (QED) is 0.869. The van der Waals surface area contributed by atoms with Gasteiger partial charge < -0.3 is 14.4 Å². The van der Waals surface area contributed by atoms with Gasteiger partial charge in [0.1, 0.15) is 11.5 Å². The molecule has 1 atom stereocenters. The van der Waals surface area contributed by atoms with E-state index in [-0.39, 0.29) is 17.7 Å². The highest BCUT2D eigenvalue weighted by Gasteiger charge is 2.15. The number of carbonyl (C=O) groups excluding carboxylic acids is 1. The SMILES string of the molecule is CC(c1ccc(O)cc1)N(C)C(=O)/C=C/c1ccco1. The maximum Gasteiger partial charge on any atom is 0.246 e. The number of amides is 1. The van der Waals surface area contributed by atoms with Crippen LogP contribution in [0, 0.1) is 0 Å². The van der Waals surface area contributed by atoms with Gasteiger partial charge in [-0.2, -0.15) is 0 Å². The molecule has 1 unspecified atom stereocenters. The second-order valence-electron chi connectivity index (χ2n) is 4.57. The predicted octanol–water partition coefficient (Wildman–Crippen LogP) is 3.22. The zero-order valence-corrected chi connectivity index (χ0v) is 11.5. The molecule has 1 heterocycles. The molecule has 0 saturated heterocycles. The lowest BCUT2D eigenvalue weighted by molar-refractivity contribution is -0.126. The summed E-state index contributed by atoms with van der Waals surface area (Å²) in [6.07, 6.45) is 4.69. The Hall–Kier alpha value is -2.49. The predicted molar refractivity (Wildman–Crippen MR) is 77.0 cm³/mol. The number of phenolic OH excluding ortho intramolecular Hbond substituents is 1. The summed E-state index contributed by atoms with van der Waals surface area (Å²) < 4.78 is 5.14. The van der Waals surface area contributed by atoms with Crippen molar-refractivity contribution in [3.05, 3.63) is 60.1 Å². The van der Waals surface area contributed by atoms with Gasteiger partial charge in [-0.15, -0.1) is 0 Å². The van der Waals surface area contributed by atoms with Crippen LogP contribution in [0.15, 0.2) is 53.2 Å². The molecule has 0 aliphatic heterocycles. The molecule has 2 rings (SSSR count). The summed E-state index contributed by atoms with van der Waals surface area (Å²) in [6, 6.07) is 10.3. The normalized spacial score (nSPS) is 12.5. The molecule has 0 radical (unpaired) electrons. The highest BCUT2D eigenvalue weighted by atomic mass is 16.3. The molecule has 0 saturated carbocycles. The molecule has 1 aromatic carbocycles. The Morgan fingerprint density at radius 1 is 1.30 bits per heavy atom. The summed E-state index contributed by atoms with van der Waals surface area (Å²) in [5, 5.41) is 9.27. The van der Waals surface area contributed by atoms with Gasteiger partial charge in [-0.05, 0) is 42.8 Å². The van der Waals surface area contributed by atoms with Crippen molar-refractivity contribution in [1.29, 1.82) is 0 Å². The number of rotatable bonds is 4. The highest BCUT2D eigenvalue weighted by Crippen LogP contribution is 2.21. The lowest BCUT2D eigenvalue weighted by atomic mass is 10.1. The van der Waals surface area contributed by atoms with Crippen LogP contribution in [0.25, 0.3) is 6.08 Å². The monoisotopic (exact) mass is 271 g/mol. The molecule has 1 N–H and O–H groups in total. The van der Waals surface area contributed by atoms with Crippen molar-refractivity contribution in [2.45, 2.75) is 13.0 Å². The number of likely N-dealkylation sites (N-methyl/N-ethyl adjacent to an activating group) is 1. The van der Waals surface area contributed by atoms with E-state index in [0.29, 0.717) is 5.76 Å². The fourth-order valence-corrected chi connectivity index (χ4v) is 1.82. The molecule has 0 aliphatic rings. The molecule has 20 heavy (non-hydrogen) atoms. The molecule has 4 heteroatoms. The maximum absolute atomic E-state index is 12.1. The highest BCUT2D eigenvalue weighted by molar-refractivity contribution is 5.91. The number of benzene rings is 1. The first-order chi connectivity index (χ1) is 9.58. The molecule has 1 aromatic heterocycles. The molecule has 104 valence electrons. The fourth-order valence-electron chi connectivity index (χ4n) is 1.82. The Morgan fingerprint density at radius 3 is 2.60 bits per heavy atom. The maximum atomic E-state index is 12.1. The summed E-state index contributed by atoms with van der Waals surface area (Å²) in [7, 11) is 1.74. The third-order valence-corrected chi connectivity index (χ3v) is 3.24. The first-order valence-corrected chi connectivity index (χ1v) is 6.35.